The van der Waals surface area contributed by atoms with Crippen LogP contribution in [0.3, 0.4) is 0 Å². The quantitative estimate of drug-likeness (QED) is 0.302. The summed E-state index contributed by atoms with van der Waals surface area (Å²) in [6.45, 7) is 1.45. The molecule has 0 aromatic heterocycles. The molecule has 5 atom stereocenters. The summed E-state index contributed by atoms with van der Waals surface area (Å²) in [5.74, 6) is 0. The predicted octanol–water partition coefficient (Wildman–Crippen LogP) is -2.49. The Bertz CT molecular complexity index is 309. The lowest BCUT2D eigenvalue weighted by atomic mass is 9.97. The maximum Gasteiger partial charge on any atom is 0.471 e. The van der Waals surface area contributed by atoms with Crippen molar-refractivity contribution < 1.29 is 38.9 Å². The smallest absolute Gasteiger partial charge is 0.394 e. The van der Waals surface area contributed by atoms with Crippen LogP contribution in [0.2, 0.25) is 0 Å². The molecule has 0 spiro atoms. The van der Waals surface area contributed by atoms with E-state index >= 15 is 0 Å². The molecule has 1 fully saturated rings. The molecular formula is C8H18NO8P. The summed E-state index contributed by atoms with van der Waals surface area (Å²) in [5, 5.41) is 31.1. The van der Waals surface area contributed by atoms with Crippen molar-refractivity contribution in [3.63, 3.8) is 0 Å². The first-order valence-electron chi connectivity index (χ1n) is 5.40. The number of rotatable bonds is 5. The van der Waals surface area contributed by atoms with Gasteiger partial charge in [-0.1, -0.05) is 6.92 Å². The molecule has 9 nitrogen and oxygen atoms in total. The van der Waals surface area contributed by atoms with Gasteiger partial charge in [0.1, 0.15) is 18.3 Å². The van der Waals surface area contributed by atoms with Crippen LogP contribution in [0.15, 0.2) is 0 Å². The second kappa shape index (κ2) is 6.38. The van der Waals surface area contributed by atoms with Gasteiger partial charge in [0.05, 0.1) is 12.6 Å². The molecule has 0 aromatic carbocycles. The number of likely N-dealkylation sites (N-methyl/N-ethyl adjacent to an activating group) is 1. The topological polar surface area (TPSA) is 149 Å². The Balaban J connectivity index is 2.85. The van der Waals surface area contributed by atoms with Gasteiger partial charge < -0.3 is 35.2 Å². The van der Waals surface area contributed by atoms with Crippen molar-refractivity contribution in [1.82, 2.24) is 5.32 Å². The second-order valence-electron chi connectivity index (χ2n) is 3.89. The summed E-state index contributed by atoms with van der Waals surface area (Å²) in [4.78, 5) is 17.5. The van der Waals surface area contributed by atoms with Crippen molar-refractivity contribution in [3.8, 4) is 0 Å². The van der Waals surface area contributed by atoms with Crippen molar-refractivity contribution >= 4 is 7.82 Å². The summed E-state index contributed by atoms with van der Waals surface area (Å²) < 4.78 is 20.2. The van der Waals surface area contributed by atoms with E-state index in [9.17, 15) is 14.8 Å². The van der Waals surface area contributed by atoms with Crippen molar-refractivity contribution in [2.24, 2.45) is 0 Å². The molecule has 0 amide bonds. The van der Waals surface area contributed by atoms with Crippen LogP contribution in [0.25, 0.3) is 0 Å². The normalized spacial score (nSPS) is 37.8. The summed E-state index contributed by atoms with van der Waals surface area (Å²) >= 11 is 0. The Morgan fingerprint density at radius 3 is 2.39 bits per heavy atom. The minimum Gasteiger partial charge on any atom is -0.394 e. The van der Waals surface area contributed by atoms with Crippen molar-refractivity contribution in [3.05, 3.63) is 0 Å². The molecule has 10 heteroatoms. The molecule has 18 heavy (non-hydrogen) atoms. The third kappa shape index (κ3) is 3.95. The highest BCUT2D eigenvalue weighted by atomic mass is 31.2. The minimum absolute atomic E-state index is 0.364. The second-order valence-corrected chi connectivity index (χ2v) is 5.08. The Morgan fingerprint density at radius 2 is 1.94 bits per heavy atom. The molecule has 1 saturated heterocycles. The Labute approximate surface area is 104 Å². The third-order valence-corrected chi connectivity index (χ3v) is 3.04. The zero-order chi connectivity index (χ0) is 13.9. The molecule has 0 bridgehead atoms. The Morgan fingerprint density at radius 1 is 1.33 bits per heavy atom. The van der Waals surface area contributed by atoms with E-state index in [-0.39, 0.29) is 0 Å². The molecule has 1 aliphatic rings. The molecule has 1 unspecified atom stereocenters. The lowest BCUT2D eigenvalue weighted by Crippen LogP contribution is -2.63. The Hall–Kier alpha value is -0.0900. The number of ether oxygens (including phenoxy) is 1. The van der Waals surface area contributed by atoms with E-state index in [1.54, 1.807) is 6.92 Å². The first-order valence-corrected chi connectivity index (χ1v) is 6.93. The fourth-order valence-electron chi connectivity index (χ4n) is 1.76. The van der Waals surface area contributed by atoms with Crippen LogP contribution in [0.1, 0.15) is 6.92 Å². The number of phosphoric acid groups is 1. The third-order valence-electron chi connectivity index (χ3n) is 2.56. The molecule has 0 aliphatic carbocycles. The average Bonchev–Trinajstić information content (AvgIpc) is 2.26. The largest absolute Gasteiger partial charge is 0.471 e. The van der Waals surface area contributed by atoms with Crippen LogP contribution < -0.4 is 5.32 Å². The number of nitrogens with one attached hydrogen (secondary N) is 1. The Kier molecular flexibility index (Phi) is 5.66. The SMILES string of the molecule is CCN[C@H]1C(OP(=O)(O)O)O[C@H](CO)[C@@H](O)[C@@H]1O. The van der Waals surface area contributed by atoms with Gasteiger partial charge in [-0.3, -0.25) is 4.52 Å². The minimum atomic E-state index is -4.82. The van der Waals surface area contributed by atoms with Crippen LogP contribution in [-0.4, -0.2) is 68.9 Å². The van der Waals surface area contributed by atoms with E-state index < -0.39 is 45.1 Å². The molecule has 1 heterocycles. The van der Waals surface area contributed by atoms with Gasteiger partial charge >= 0.3 is 7.82 Å². The van der Waals surface area contributed by atoms with E-state index in [0.717, 1.165) is 0 Å². The molecular weight excluding hydrogens is 269 g/mol. The zero-order valence-electron chi connectivity index (χ0n) is 9.71. The standard InChI is InChI=1S/C8H18NO8P/c1-2-9-5-7(12)6(11)4(3-10)16-8(5)17-18(13,14)15/h4-12H,2-3H2,1H3,(H2,13,14,15)/t4-,5-,6-,7-,8?/m1/s1. The van der Waals surface area contributed by atoms with E-state index in [4.69, 9.17) is 19.6 Å². The molecule has 0 radical (unpaired) electrons. The maximum absolute atomic E-state index is 10.8. The summed E-state index contributed by atoms with van der Waals surface area (Å²) in [6, 6.07) is -1.01. The summed E-state index contributed by atoms with van der Waals surface area (Å²) in [5.41, 5.74) is 0. The molecule has 108 valence electrons. The van der Waals surface area contributed by atoms with Crippen LogP contribution in [0.4, 0.5) is 0 Å². The zero-order valence-corrected chi connectivity index (χ0v) is 10.6. The van der Waals surface area contributed by atoms with E-state index in [1.165, 1.54) is 0 Å². The van der Waals surface area contributed by atoms with Crippen LogP contribution in [0.5, 0.6) is 0 Å². The van der Waals surface area contributed by atoms with Crippen LogP contribution in [0, 0.1) is 0 Å². The van der Waals surface area contributed by atoms with Gasteiger partial charge in [0.2, 0.25) is 0 Å². The number of aliphatic hydroxyl groups is 3. The molecule has 6 N–H and O–H groups in total. The van der Waals surface area contributed by atoms with Crippen LogP contribution >= 0.6 is 7.82 Å². The predicted molar refractivity (Wildman–Crippen MR) is 58.4 cm³/mol. The highest BCUT2D eigenvalue weighted by molar-refractivity contribution is 7.46. The maximum atomic E-state index is 10.8. The number of hydrogen-bond acceptors (Lipinski definition) is 7. The van der Waals surface area contributed by atoms with Gasteiger partial charge in [-0.25, -0.2) is 4.57 Å². The van der Waals surface area contributed by atoms with Gasteiger partial charge in [-0.15, -0.1) is 0 Å². The van der Waals surface area contributed by atoms with Gasteiger partial charge in [-0.05, 0) is 6.54 Å². The fourth-order valence-corrected chi connectivity index (χ4v) is 2.21. The molecule has 1 aliphatic heterocycles. The van der Waals surface area contributed by atoms with Crippen molar-refractivity contribution in [1.29, 1.82) is 0 Å². The van der Waals surface area contributed by atoms with Gasteiger partial charge in [0.15, 0.2) is 6.29 Å². The average molecular weight is 287 g/mol. The lowest BCUT2D eigenvalue weighted by Gasteiger charge is -2.42. The van der Waals surface area contributed by atoms with Gasteiger partial charge in [0, 0.05) is 0 Å². The first kappa shape index (κ1) is 16.0. The number of phosphoric ester groups is 1. The fraction of sp³-hybridized carbons (Fsp3) is 1.00. The molecule has 0 saturated carbocycles. The van der Waals surface area contributed by atoms with Crippen molar-refractivity contribution in [2.75, 3.05) is 13.2 Å². The van der Waals surface area contributed by atoms with E-state index in [0.29, 0.717) is 6.54 Å². The molecule has 1 rings (SSSR count). The highest BCUT2D eigenvalue weighted by Crippen LogP contribution is 2.40. The highest BCUT2D eigenvalue weighted by Gasteiger charge is 2.46. The number of hydrogen-bond donors (Lipinski definition) is 6. The van der Waals surface area contributed by atoms with Gasteiger partial charge in [0.25, 0.3) is 0 Å². The lowest BCUT2D eigenvalue weighted by molar-refractivity contribution is -0.248. The van der Waals surface area contributed by atoms with E-state index in [2.05, 4.69) is 9.84 Å². The van der Waals surface area contributed by atoms with E-state index in [1.807, 2.05) is 0 Å². The molecule has 0 aromatic rings. The number of aliphatic hydroxyl groups excluding tert-OH is 3. The van der Waals surface area contributed by atoms with Crippen LogP contribution in [-0.2, 0) is 13.8 Å². The van der Waals surface area contributed by atoms with Crippen molar-refractivity contribution in [2.45, 2.75) is 37.6 Å². The summed E-state index contributed by atoms with van der Waals surface area (Å²) in [7, 11) is -4.82. The van der Waals surface area contributed by atoms with Gasteiger partial charge in [-0.2, -0.15) is 0 Å². The monoisotopic (exact) mass is 287 g/mol. The first-order chi connectivity index (χ1) is 8.30. The summed E-state index contributed by atoms with van der Waals surface area (Å²) in [6.07, 6.45) is -5.41.